The lowest BCUT2D eigenvalue weighted by Crippen LogP contribution is -2.18. The van der Waals surface area contributed by atoms with Crippen LogP contribution in [-0.4, -0.2) is 21.0 Å². The second kappa shape index (κ2) is 7.67. The van der Waals surface area contributed by atoms with Gasteiger partial charge in [0.1, 0.15) is 0 Å². The van der Waals surface area contributed by atoms with Gasteiger partial charge in [0.05, 0.1) is 6.54 Å². The van der Waals surface area contributed by atoms with Crippen LogP contribution in [0.25, 0.3) is 0 Å². The van der Waals surface area contributed by atoms with E-state index in [1.807, 2.05) is 31.2 Å². The molecule has 0 fully saturated rings. The molecule has 3 rings (SSSR count). The minimum atomic E-state index is -0.159. The van der Waals surface area contributed by atoms with E-state index in [9.17, 15) is 4.79 Å². The molecule has 0 radical (unpaired) electrons. The van der Waals surface area contributed by atoms with Gasteiger partial charge in [-0.1, -0.05) is 17.3 Å². The number of nitrogens with one attached hydrogen (secondary N) is 2. The lowest BCUT2D eigenvalue weighted by atomic mass is 10.1. The third kappa shape index (κ3) is 4.48. The van der Waals surface area contributed by atoms with E-state index in [0.29, 0.717) is 23.8 Å². The number of pyridine rings is 1. The maximum absolute atomic E-state index is 12.1. The number of carbonyl (C=O) groups excluding carboxylic acids is 1. The monoisotopic (exact) mass is 337 g/mol. The number of anilines is 1. The Balaban J connectivity index is 1.57. The average Bonchev–Trinajstić information content (AvgIpc) is 3.06. The van der Waals surface area contributed by atoms with Gasteiger partial charge in [-0.15, -0.1) is 0 Å². The van der Waals surface area contributed by atoms with Crippen LogP contribution in [0.4, 0.5) is 5.69 Å². The van der Waals surface area contributed by atoms with Crippen LogP contribution in [0.2, 0.25) is 0 Å². The summed E-state index contributed by atoms with van der Waals surface area (Å²) in [5.74, 6) is 1.03. The van der Waals surface area contributed by atoms with Crippen molar-refractivity contribution >= 4 is 11.6 Å². The molecule has 25 heavy (non-hydrogen) atoms. The SMILES string of the molecule is Cc1noc(CNC(C)c2ccc(NC(=O)c3ccncc3)cc2)n1. The lowest BCUT2D eigenvalue weighted by molar-refractivity contribution is 0.102. The molecule has 2 heterocycles. The van der Waals surface area contributed by atoms with Crippen molar-refractivity contribution in [2.45, 2.75) is 26.4 Å². The molecule has 0 bridgehead atoms. The molecule has 0 aliphatic carbocycles. The predicted octanol–water partition coefficient (Wildman–Crippen LogP) is 2.88. The fraction of sp³-hybridized carbons (Fsp3) is 0.222. The number of carbonyl (C=O) groups is 1. The number of nitrogens with zero attached hydrogens (tertiary/aromatic N) is 3. The first-order valence-electron chi connectivity index (χ1n) is 7.96. The molecule has 0 spiro atoms. The fourth-order valence-electron chi connectivity index (χ4n) is 2.33. The second-order valence-electron chi connectivity index (χ2n) is 5.65. The summed E-state index contributed by atoms with van der Waals surface area (Å²) in [7, 11) is 0. The standard InChI is InChI=1S/C18H19N5O2/c1-12(20-11-17-21-13(2)23-25-17)14-3-5-16(6-4-14)22-18(24)15-7-9-19-10-8-15/h3-10,12,20H,11H2,1-2H3,(H,22,24). The van der Waals surface area contributed by atoms with Crippen molar-refractivity contribution in [3.63, 3.8) is 0 Å². The quantitative estimate of drug-likeness (QED) is 0.718. The van der Waals surface area contributed by atoms with Crippen LogP contribution in [0.1, 0.15) is 40.6 Å². The number of hydrogen-bond acceptors (Lipinski definition) is 6. The number of amides is 1. The van der Waals surface area contributed by atoms with Crippen LogP contribution in [0.5, 0.6) is 0 Å². The normalized spacial score (nSPS) is 11.9. The van der Waals surface area contributed by atoms with Crippen LogP contribution in [0, 0.1) is 6.92 Å². The highest BCUT2D eigenvalue weighted by atomic mass is 16.5. The van der Waals surface area contributed by atoms with Gasteiger partial charge in [-0.05, 0) is 43.7 Å². The molecule has 0 saturated heterocycles. The number of rotatable bonds is 6. The summed E-state index contributed by atoms with van der Waals surface area (Å²) in [5.41, 5.74) is 2.41. The Kier molecular flexibility index (Phi) is 5.15. The van der Waals surface area contributed by atoms with Gasteiger partial charge in [0, 0.05) is 29.7 Å². The van der Waals surface area contributed by atoms with Gasteiger partial charge in [0.2, 0.25) is 5.89 Å². The molecule has 1 aromatic carbocycles. The molecule has 1 atom stereocenters. The maximum Gasteiger partial charge on any atom is 0.255 e. The third-order valence-corrected chi connectivity index (χ3v) is 3.74. The summed E-state index contributed by atoms with van der Waals surface area (Å²) in [6.07, 6.45) is 3.19. The van der Waals surface area contributed by atoms with Crippen molar-refractivity contribution in [3.05, 3.63) is 71.6 Å². The zero-order chi connectivity index (χ0) is 17.6. The summed E-state index contributed by atoms with van der Waals surface area (Å²) in [5, 5.41) is 9.95. The molecular formula is C18H19N5O2. The van der Waals surface area contributed by atoms with Crippen LogP contribution in [0.15, 0.2) is 53.3 Å². The first-order chi connectivity index (χ1) is 12.1. The smallest absolute Gasteiger partial charge is 0.255 e. The Labute approximate surface area is 145 Å². The first-order valence-corrected chi connectivity index (χ1v) is 7.96. The Morgan fingerprint density at radius 2 is 1.88 bits per heavy atom. The Morgan fingerprint density at radius 3 is 2.52 bits per heavy atom. The molecule has 2 N–H and O–H groups in total. The van der Waals surface area contributed by atoms with Crippen molar-refractivity contribution < 1.29 is 9.32 Å². The molecule has 0 aliphatic heterocycles. The Morgan fingerprint density at radius 1 is 1.16 bits per heavy atom. The van der Waals surface area contributed by atoms with Gasteiger partial charge in [-0.3, -0.25) is 9.78 Å². The summed E-state index contributed by atoms with van der Waals surface area (Å²) >= 11 is 0. The van der Waals surface area contributed by atoms with Crippen LogP contribution < -0.4 is 10.6 Å². The van der Waals surface area contributed by atoms with Gasteiger partial charge in [-0.25, -0.2) is 0 Å². The lowest BCUT2D eigenvalue weighted by Gasteiger charge is -2.13. The van der Waals surface area contributed by atoms with Crippen molar-refractivity contribution in [2.24, 2.45) is 0 Å². The first kappa shape index (κ1) is 16.8. The number of hydrogen-bond donors (Lipinski definition) is 2. The molecule has 7 heteroatoms. The second-order valence-corrected chi connectivity index (χ2v) is 5.65. The topological polar surface area (TPSA) is 92.9 Å². The molecule has 0 aliphatic rings. The van der Waals surface area contributed by atoms with E-state index >= 15 is 0 Å². The zero-order valence-corrected chi connectivity index (χ0v) is 14.1. The minimum Gasteiger partial charge on any atom is -0.338 e. The molecule has 7 nitrogen and oxygen atoms in total. The molecule has 128 valence electrons. The Hall–Kier alpha value is -3.06. The van der Waals surface area contributed by atoms with Crippen LogP contribution >= 0.6 is 0 Å². The predicted molar refractivity (Wildman–Crippen MR) is 92.9 cm³/mol. The van der Waals surface area contributed by atoms with E-state index in [2.05, 4.69) is 25.8 Å². The van der Waals surface area contributed by atoms with Crippen molar-refractivity contribution in [1.29, 1.82) is 0 Å². The Bertz CT molecular complexity index is 830. The average molecular weight is 337 g/mol. The molecule has 1 unspecified atom stereocenters. The summed E-state index contributed by atoms with van der Waals surface area (Å²) < 4.78 is 5.08. The molecule has 3 aromatic rings. The van der Waals surface area contributed by atoms with E-state index in [0.717, 1.165) is 11.3 Å². The maximum atomic E-state index is 12.1. The van der Waals surface area contributed by atoms with Crippen LogP contribution in [0.3, 0.4) is 0 Å². The number of aromatic nitrogens is 3. The molecule has 2 aromatic heterocycles. The molecule has 0 saturated carbocycles. The van der Waals surface area contributed by atoms with Crippen LogP contribution in [-0.2, 0) is 6.54 Å². The van der Waals surface area contributed by atoms with E-state index in [1.165, 1.54) is 0 Å². The van der Waals surface area contributed by atoms with Crippen molar-refractivity contribution in [2.75, 3.05) is 5.32 Å². The third-order valence-electron chi connectivity index (χ3n) is 3.74. The summed E-state index contributed by atoms with van der Waals surface area (Å²) in [6.45, 7) is 4.34. The highest BCUT2D eigenvalue weighted by Crippen LogP contribution is 2.17. The largest absolute Gasteiger partial charge is 0.338 e. The van der Waals surface area contributed by atoms with Gasteiger partial charge in [-0.2, -0.15) is 4.98 Å². The van der Waals surface area contributed by atoms with Gasteiger partial charge in [0.15, 0.2) is 5.82 Å². The van der Waals surface area contributed by atoms with E-state index in [4.69, 9.17) is 4.52 Å². The number of benzene rings is 1. The van der Waals surface area contributed by atoms with Crippen molar-refractivity contribution in [3.8, 4) is 0 Å². The summed E-state index contributed by atoms with van der Waals surface area (Å²) in [6, 6.07) is 11.2. The fourth-order valence-corrected chi connectivity index (χ4v) is 2.33. The van der Waals surface area contributed by atoms with Crippen molar-refractivity contribution in [1.82, 2.24) is 20.4 Å². The van der Waals surface area contributed by atoms with E-state index in [-0.39, 0.29) is 11.9 Å². The van der Waals surface area contributed by atoms with Gasteiger partial charge in [0.25, 0.3) is 5.91 Å². The minimum absolute atomic E-state index is 0.108. The molecular weight excluding hydrogens is 318 g/mol. The highest BCUT2D eigenvalue weighted by Gasteiger charge is 2.09. The van der Waals surface area contributed by atoms with E-state index in [1.54, 1.807) is 31.5 Å². The summed E-state index contributed by atoms with van der Waals surface area (Å²) in [4.78, 5) is 20.2. The highest BCUT2D eigenvalue weighted by molar-refractivity contribution is 6.04. The molecule has 1 amide bonds. The van der Waals surface area contributed by atoms with E-state index < -0.39 is 0 Å². The number of aryl methyl sites for hydroxylation is 1. The van der Waals surface area contributed by atoms with Gasteiger partial charge >= 0.3 is 0 Å². The zero-order valence-electron chi connectivity index (χ0n) is 14.1. The van der Waals surface area contributed by atoms with Gasteiger partial charge < -0.3 is 15.2 Å².